The molecule has 1 N–H and O–H groups in total. The van der Waals surface area contributed by atoms with Gasteiger partial charge in [-0.25, -0.2) is 4.98 Å². The van der Waals surface area contributed by atoms with E-state index in [1.165, 1.54) is 0 Å². The summed E-state index contributed by atoms with van der Waals surface area (Å²) in [7, 11) is 0. The number of hydrogen-bond donors (Lipinski definition) is 1. The largest absolute Gasteiger partial charge is 0.396 e. The number of aliphatic hydroxyl groups excluding tert-OH is 1. The zero-order valence-electron chi connectivity index (χ0n) is 8.50. The molecule has 1 rings (SSSR count). The van der Waals surface area contributed by atoms with Gasteiger partial charge in [-0.05, 0) is 6.42 Å². The van der Waals surface area contributed by atoms with Crippen molar-refractivity contribution in [1.82, 2.24) is 4.98 Å². The summed E-state index contributed by atoms with van der Waals surface area (Å²) in [5.74, 6) is 0. The highest BCUT2D eigenvalue weighted by Gasteiger charge is 2.16. The van der Waals surface area contributed by atoms with Gasteiger partial charge in [-0.1, -0.05) is 20.8 Å². The summed E-state index contributed by atoms with van der Waals surface area (Å²) in [5, 5.41) is 11.9. The number of nitrogens with zero attached hydrogens (tertiary/aromatic N) is 1. The van der Waals surface area contributed by atoms with Crippen molar-refractivity contribution in [3.05, 3.63) is 16.1 Å². The van der Waals surface area contributed by atoms with Crippen LogP contribution in [0.2, 0.25) is 0 Å². The first-order valence-electron chi connectivity index (χ1n) is 4.60. The Morgan fingerprint density at radius 3 is 2.62 bits per heavy atom. The monoisotopic (exact) mass is 199 g/mol. The van der Waals surface area contributed by atoms with E-state index in [0.29, 0.717) is 0 Å². The lowest BCUT2D eigenvalue weighted by Gasteiger charge is -2.14. The molecule has 0 fully saturated rings. The van der Waals surface area contributed by atoms with Crippen LogP contribution in [-0.2, 0) is 11.8 Å². The molecule has 0 radical (unpaired) electrons. The minimum Gasteiger partial charge on any atom is -0.396 e. The molecule has 0 aliphatic heterocycles. The third-order valence-corrected chi connectivity index (χ3v) is 2.78. The van der Waals surface area contributed by atoms with Crippen molar-refractivity contribution in [3.8, 4) is 0 Å². The zero-order valence-corrected chi connectivity index (χ0v) is 9.32. The van der Waals surface area contributed by atoms with Crippen LogP contribution in [0.25, 0.3) is 0 Å². The molecule has 0 bridgehead atoms. The lowest BCUT2D eigenvalue weighted by Crippen LogP contribution is -2.11. The summed E-state index contributed by atoms with van der Waals surface area (Å²) in [6.07, 6.45) is 1.72. The number of rotatable bonds is 3. The topological polar surface area (TPSA) is 33.1 Å². The third kappa shape index (κ3) is 3.08. The Labute approximate surface area is 83.6 Å². The van der Waals surface area contributed by atoms with Crippen molar-refractivity contribution in [2.24, 2.45) is 0 Å². The summed E-state index contributed by atoms with van der Waals surface area (Å²) < 4.78 is 0. The smallest absolute Gasteiger partial charge is 0.0929 e. The molecule has 0 amide bonds. The Balaban J connectivity index is 2.64. The highest BCUT2D eigenvalue weighted by molar-refractivity contribution is 7.09. The summed E-state index contributed by atoms with van der Waals surface area (Å²) in [5.41, 5.74) is 1.30. The van der Waals surface area contributed by atoms with Gasteiger partial charge >= 0.3 is 0 Å². The van der Waals surface area contributed by atoms with Gasteiger partial charge in [-0.15, -0.1) is 11.3 Å². The van der Waals surface area contributed by atoms with E-state index in [-0.39, 0.29) is 12.0 Å². The average molecular weight is 199 g/mol. The number of thiazole rings is 1. The van der Waals surface area contributed by atoms with E-state index < -0.39 is 0 Å². The molecule has 0 atom stereocenters. The molecule has 3 heteroatoms. The Bertz CT molecular complexity index is 262. The van der Waals surface area contributed by atoms with E-state index in [4.69, 9.17) is 5.11 Å². The fourth-order valence-corrected chi connectivity index (χ4v) is 2.07. The first-order valence-corrected chi connectivity index (χ1v) is 5.48. The first-order chi connectivity index (χ1) is 6.04. The maximum atomic E-state index is 8.67. The minimum absolute atomic E-state index is 0.147. The van der Waals surface area contributed by atoms with E-state index in [0.717, 1.165) is 23.5 Å². The molecular formula is C10H17NOS. The molecule has 74 valence electrons. The number of hydrogen-bond acceptors (Lipinski definition) is 3. The van der Waals surface area contributed by atoms with Crippen LogP contribution in [0.1, 0.15) is 37.9 Å². The van der Waals surface area contributed by atoms with Crippen molar-refractivity contribution in [2.45, 2.75) is 39.0 Å². The van der Waals surface area contributed by atoms with Crippen molar-refractivity contribution >= 4 is 11.3 Å². The van der Waals surface area contributed by atoms with E-state index in [2.05, 4.69) is 31.1 Å². The van der Waals surface area contributed by atoms with Crippen molar-refractivity contribution in [3.63, 3.8) is 0 Å². The molecule has 0 aromatic carbocycles. The van der Waals surface area contributed by atoms with E-state index in [9.17, 15) is 0 Å². The van der Waals surface area contributed by atoms with Gasteiger partial charge in [0.1, 0.15) is 0 Å². The van der Waals surface area contributed by atoms with Crippen LogP contribution >= 0.6 is 11.3 Å². The molecule has 1 aromatic rings. The van der Waals surface area contributed by atoms with Crippen LogP contribution in [0.15, 0.2) is 5.38 Å². The predicted molar refractivity (Wildman–Crippen MR) is 56.2 cm³/mol. The van der Waals surface area contributed by atoms with Gasteiger partial charge < -0.3 is 5.11 Å². The summed E-state index contributed by atoms with van der Waals surface area (Å²) in [6, 6.07) is 0. The Kier molecular flexibility index (Phi) is 3.45. The zero-order chi connectivity index (χ0) is 9.90. The van der Waals surface area contributed by atoms with E-state index >= 15 is 0 Å². The van der Waals surface area contributed by atoms with E-state index in [1.54, 1.807) is 11.3 Å². The molecular weight excluding hydrogens is 182 g/mol. The van der Waals surface area contributed by atoms with Gasteiger partial charge in [-0.2, -0.15) is 0 Å². The standard InChI is InChI=1S/C10H17NOS/c1-10(2,3)8-7-13-9(11-8)5-4-6-12/h7,12H,4-6H2,1-3H3. The third-order valence-electron chi connectivity index (χ3n) is 1.87. The van der Waals surface area contributed by atoms with Crippen molar-refractivity contribution in [2.75, 3.05) is 6.61 Å². The Morgan fingerprint density at radius 1 is 1.46 bits per heavy atom. The Morgan fingerprint density at radius 2 is 2.15 bits per heavy atom. The highest BCUT2D eigenvalue weighted by atomic mass is 32.1. The van der Waals surface area contributed by atoms with Gasteiger partial charge in [0, 0.05) is 23.8 Å². The van der Waals surface area contributed by atoms with E-state index in [1.807, 2.05) is 0 Å². The van der Waals surface area contributed by atoms with Gasteiger partial charge in [-0.3, -0.25) is 0 Å². The van der Waals surface area contributed by atoms with Crippen LogP contribution in [0.3, 0.4) is 0 Å². The first kappa shape index (κ1) is 10.7. The SMILES string of the molecule is CC(C)(C)c1csc(CCCO)n1. The summed E-state index contributed by atoms with van der Waals surface area (Å²) in [6.45, 7) is 6.75. The van der Waals surface area contributed by atoms with Gasteiger partial charge in [0.25, 0.3) is 0 Å². The minimum atomic E-state index is 0.147. The molecule has 0 aliphatic rings. The maximum absolute atomic E-state index is 8.67. The van der Waals surface area contributed by atoms with Crippen LogP contribution in [0.4, 0.5) is 0 Å². The lowest BCUT2D eigenvalue weighted by molar-refractivity contribution is 0.288. The molecule has 0 saturated heterocycles. The molecule has 0 aliphatic carbocycles. The van der Waals surface area contributed by atoms with Gasteiger partial charge in [0.2, 0.25) is 0 Å². The maximum Gasteiger partial charge on any atom is 0.0929 e. The number of aromatic nitrogens is 1. The van der Waals surface area contributed by atoms with Crippen LogP contribution < -0.4 is 0 Å². The fraction of sp³-hybridized carbons (Fsp3) is 0.700. The molecule has 1 aromatic heterocycles. The number of aliphatic hydroxyl groups is 1. The molecule has 2 nitrogen and oxygen atoms in total. The van der Waals surface area contributed by atoms with Gasteiger partial charge in [0.05, 0.1) is 10.7 Å². The van der Waals surface area contributed by atoms with Crippen molar-refractivity contribution in [1.29, 1.82) is 0 Å². The van der Waals surface area contributed by atoms with Gasteiger partial charge in [0.15, 0.2) is 0 Å². The average Bonchev–Trinajstić information content (AvgIpc) is 2.47. The van der Waals surface area contributed by atoms with Crippen LogP contribution in [0.5, 0.6) is 0 Å². The quantitative estimate of drug-likeness (QED) is 0.810. The predicted octanol–water partition coefficient (Wildman–Crippen LogP) is 2.37. The lowest BCUT2D eigenvalue weighted by atomic mass is 9.93. The Hall–Kier alpha value is -0.410. The molecule has 0 unspecified atom stereocenters. The summed E-state index contributed by atoms with van der Waals surface area (Å²) >= 11 is 1.69. The summed E-state index contributed by atoms with van der Waals surface area (Å²) in [4.78, 5) is 4.53. The molecule has 0 saturated carbocycles. The second kappa shape index (κ2) is 4.20. The highest BCUT2D eigenvalue weighted by Crippen LogP contribution is 2.24. The molecule has 0 spiro atoms. The van der Waals surface area contributed by atoms with Crippen molar-refractivity contribution < 1.29 is 5.11 Å². The second-order valence-electron chi connectivity index (χ2n) is 4.20. The molecule has 13 heavy (non-hydrogen) atoms. The van der Waals surface area contributed by atoms with Crippen LogP contribution in [0, 0.1) is 0 Å². The second-order valence-corrected chi connectivity index (χ2v) is 5.15. The number of aryl methyl sites for hydroxylation is 1. The molecule has 1 heterocycles. The fourth-order valence-electron chi connectivity index (χ4n) is 1.00. The van der Waals surface area contributed by atoms with Crippen LogP contribution in [-0.4, -0.2) is 16.7 Å². The normalized spacial score (nSPS) is 12.0.